The summed E-state index contributed by atoms with van der Waals surface area (Å²) in [5, 5.41) is 15.6. The molecule has 0 fully saturated rings. The number of H-pyrrole nitrogens is 1. The van der Waals surface area contributed by atoms with Crippen molar-refractivity contribution < 1.29 is 13.9 Å². The van der Waals surface area contributed by atoms with E-state index in [2.05, 4.69) is 25.0 Å². The van der Waals surface area contributed by atoms with Gasteiger partial charge in [-0.2, -0.15) is 13.9 Å². The second kappa shape index (κ2) is 7.75. The third-order valence-corrected chi connectivity index (χ3v) is 5.52. The average molecular weight is 447 g/mol. The van der Waals surface area contributed by atoms with Crippen molar-refractivity contribution in [2.24, 2.45) is 0 Å². The van der Waals surface area contributed by atoms with Gasteiger partial charge in [0.2, 0.25) is 5.95 Å². The zero-order valence-corrected chi connectivity index (χ0v) is 17.4. The highest BCUT2D eigenvalue weighted by molar-refractivity contribution is 5.95. The number of nitrogens with one attached hydrogen (secondary N) is 1. The molecule has 0 spiro atoms. The molecule has 10 heteroatoms. The van der Waals surface area contributed by atoms with E-state index in [9.17, 15) is 13.9 Å². The fraction of sp³-hybridized carbons (Fsp3) is 0.130. The number of pyridine rings is 1. The molecule has 0 radical (unpaired) electrons. The number of benzene rings is 1. The molecule has 0 aliphatic carbocycles. The van der Waals surface area contributed by atoms with Gasteiger partial charge in [-0.15, -0.1) is 0 Å². The fourth-order valence-corrected chi connectivity index (χ4v) is 3.73. The number of nitrogens with zero attached hydrogens (tertiary/aromatic N) is 5. The minimum absolute atomic E-state index is 0.00961. The first-order valence-electron chi connectivity index (χ1n) is 10.1. The van der Waals surface area contributed by atoms with Gasteiger partial charge in [0.05, 0.1) is 17.6 Å². The lowest BCUT2D eigenvalue weighted by atomic mass is 9.91. The van der Waals surface area contributed by atoms with Crippen LogP contribution in [0.1, 0.15) is 24.7 Å². The normalized spacial score (nSPS) is 13.5. The molecule has 166 valence electrons. The molecule has 0 aliphatic rings. The van der Waals surface area contributed by atoms with E-state index in [1.54, 1.807) is 37.5 Å². The number of alkyl halides is 2. The molecule has 1 atom stereocenters. The fourth-order valence-electron chi connectivity index (χ4n) is 3.73. The Balaban J connectivity index is 1.61. The molecule has 0 aliphatic heterocycles. The largest absolute Gasteiger partial charge is 0.379 e. The molecule has 4 aromatic heterocycles. The Morgan fingerprint density at radius 3 is 2.61 bits per heavy atom. The summed E-state index contributed by atoms with van der Waals surface area (Å²) in [6.07, 6.45) is 5.93. The van der Waals surface area contributed by atoms with Crippen molar-refractivity contribution in [3.63, 3.8) is 0 Å². The Bertz CT molecular complexity index is 1440. The Kier molecular flexibility index (Phi) is 4.86. The van der Waals surface area contributed by atoms with Gasteiger partial charge in [-0.3, -0.25) is 0 Å². The van der Waals surface area contributed by atoms with E-state index in [1.165, 1.54) is 12.4 Å². The van der Waals surface area contributed by atoms with Gasteiger partial charge in [0.25, 0.3) is 0 Å². The SMILES string of the molecule is CC(O)(c1ccccc1)c1cc(-c2c[nH]c3ncc(-c4cnn(C(F)F)c4)cc23)nc(N)n1. The Morgan fingerprint density at radius 1 is 1.09 bits per heavy atom. The summed E-state index contributed by atoms with van der Waals surface area (Å²) in [6, 6.07) is 12.6. The Labute approximate surface area is 186 Å². The zero-order valence-electron chi connectivity index (χ0n) is 17.4. The summed E-state index contributed by atoms with van der Waals surface area (Å²) in [7, 11) is 0. The van der Waals surface area contributed by atoms with Crippen LogP contribution in [0, 0.1) is 0 Å². The van der Waals surface area contributed by atoms with E-state index in [-0.39, 0.29) is 5.95 Å². The summed E-state index contributed by atoms with van der Waals surface area (Å²) in [5.74, 6) is 0.00961. The van der Waals surface area contributed by atoms with Gasteiger partial charge in [-0.05, 0) is 24.6 Å². The van der Waals surface area contributed by atoms with E-state index < -0.39 is 12.2 Å². The molecule has 1 unspecified atom stereocenters. The number of hydrogen-bond donors (Lipinski definition) is 3. The van der Waals surface area contributed by atoms with Crippen molar-refractivity contribution in [3.8, 4) is 22.4 Å². The maximum Gasteiger partial charge on any atom is 0.333 e. The van der Waals surface area contributed by atoms with Crippen molar-refractivity contribution >= 4 is 17.0 Å². The average Bonchev–Trinajstić information content (AvgIpc) is 3.46. The number of aromatic nitrogens is 6. The predicted octanol–water partition coefficient (Wildman–Crippen LogP) is 4.12. The smallest absolute Gasteiger partial charge is 0.333 e. The summed E-state index contributed by atoms with van der Waals surface area (Å²) < 4.78 is 26.4. The molecule has 8 nitrogen and oxygen atoms in total. The van der Waals surface area contributed by atoms with Crippen LogP contribution in [0.3, 0.4) is 0 Å². The molecule has 0 amide bonds. The van der Waals surface area contributed by atoms with Gasteiger partial charge >= 0.3 is 6.55 Å². The van der Waals surface area contributed by atoms with Crippen LogP contribution in [0.25, 0.3) is 33.4 Å². The van der Waals surface area contributed by atoms with Crippen molar-refractivity contribution in [2.45, 2.75) is 19.1 Å². The third-order valence-electron chi connectivity index (χ3n) is 5.52. The zero-order chi connectivity index (χ0) is 23.2. The number of nitrogens with two attached hydrogens (primary N) is 1. The van der Waals surface area contributed by atoms with E-state index >= 15 is 0 Å². The molecule has 5 rings (SSSR count). The lowest BCUT2D eigenvalue weighted by Gasteiger charge is -2.24. The minimum atomic E-state index is -2.72. The first kappa shape index (κ1) is 20.7. The van der Waals surface area contributed by atoms with Gasteiger partial charge in [0.1, 0.15) is 11.2 Å². The van der Waals surface area contributed by atoms with E-state index in [0.717, 1.165) is 0 Å². The second-order valence-corrected chi connectivity index (χ2v) is 7.74. The molecule has 4 N–H and O–H groups in total. The molecule has 33 heavy (non-hydrogen) atoms. The Morgan fingerprint density at radius 2 is 1.88 bits per heavy atom. The molecule has 5 aromatic rings. The molecule has 0 bridgehead atoms. The number of aliphatic hydroxyl groups is 1. The topological polar surface area (TPSA) is 119 Å². The van der Waals surface area contributed by atoms with Crippen LogP contribution >= 0.6 is 0 Å². The maximum absolute atomic E-state index is 12.9. The van der Waals surface area contributed by atoms with Gasteiger partial charge in [0, 0.05) is 40.7 Å². The summed E-state index contributed by atoms with van der Waals surface area (Å²) in [6.45, 7) is -1.08. The molecular formula is C23H19F2N7O. The third kappa shape index (κ3) is 3.70. The van der Waals surface area contributed by atoms with Crippen molar-refractivity contribution in [2.75, 3.05) is 5.73 Å². The molecule has 1 aromatic carbocycles. The quantitative estimate of drug-likeness (QED) is 0.373. The van der Waals surface area contributed by atoms with Crippen LogP contribution < -0.4 is 5.73 Å². The van der Waals surface area contributed by atoms with Crippen molar-refractivity contribution in [1.82, 2.24) is 29.7 Å². The first-order chi connectivity index (χ1) is 15.8. The van der Waals surface area contributed by atoms with Crippen molar-refractivity contribution in [3.05, 3.63) is 78.5 Å². The van der Waals surface area contributed by atoms with Gasteiger partial charge in [-0.25, -0.2) is 19.6 Å². The van der Waals surface area contributed by atoms with Crippen LogP contribution in [0.15, 0.2) is 67.3 Å². The van der Waals surface area contributed by atoms with Crippen molar-refractivity contribution in [1.29, 1.82) is 0 Å². The van der Waals surface area contributed by atoms with E-state index in [1.807, 2.05) is 24.3 Å². The maximum atomic E-state index is 12.9. The number of nitrogen functional groups attached to an aromatic ring is 1. The number of aromatic amines is 1. The van der Waals surface area contributed by atoms with Gasteiger partial charge < -0.3 is 15.8 Å². The van der Waals surface area contributed by atoms with E-state index in [4.69, 9.17) is 5.73 Å². The summed E-state index contributed by atoms with van der Waals surface area (Å²) in [5.41, 5.74) is 8.48. The van der Waals surface area contributed by atoms with Crippen LogP contribution in [0.2, 0.25) is 0 Å². The summed E-state index contributed by atoms with van der Waals surface area (Å²) >= 11 is 0. The second-order valence-electron chi connectivity index (χ2n) is 7.74. The summed E-state index contributed by atoms with van der Waals surface area (Å²) in [4.78, 5) is 16.1. The van der Waals surface area contributed by atoms with Crippen LogP contribution in [0.5, 0.6) is 0 Å². The molecule has 0 saturated carbocycles. The van der Waals surface area contributed by atoms with Gasteiger partial charge in [0.15, 0.2) is 0 Å². The number of anilines is 1. The van der Waals surface area contributed by atoms with E-state index in [0.29, 0.717) is 49.4 Å². The standard InChI is InChI=1S/C23H19F2N7O/c1-23(33,15-5-3-2-4-6-15)19-8-18(30-22(26)31-19)17-11-28-20-16(17)7-13(9-27-20)14-10-29-32(12-14)21(24)25/h2-12,21,33H,1H3,(H,27,28)(H2,26,30,31). The van der Waals surface area contributed by atoms with Crippen LogP contribution in [0.4, 0.5) is 14.7 Å². The van der Waals surface area contributed by atoms with Crippen LogP contribution in [-0.2, 0) is 5.60 Å². The Hall–Kier alpha value is -4.18. The predicted molar refractivity (Wildman–Crippen MR) is 119 cm³/mol. The molecule has 0 saturated heterocycles. The number of rotatable bonds is 5. The lowest BCUT2D eigenvalue weighted by molar-refractivity contribution is 0.0566. The van der Waals surface area contributed by atoms with Gasteiger partial charge in [-0.1, -0.05) is 30.3 Å². The number of fused-ring (bicyclic) bond motifs is 1. The molecule has 4 heterocycles. The highest BCUT2D eigenvalue weighted by atomic mass is 19.3. The number of halogens is 2. The minimum Gasteiger partial charge on any atom is -0.379 e. The monoisotopic (exact) mass is 447 g/mol. The highest BCUT2D eigenvalue weighted by Gasteiger charge is 2.28. The first-order valence-corrected chi connectivity index (χ1v) is 10.1. The van der Waals surface area contributed by atoms with Crippen LogP contribution in [-0.4, -0.2) is 34.8 Å². The highest BCUT2D eigenvalue weighted by Crippen LogP contribution is 2.34. The molecular weight excluding hydrogens is 428 g/mol. The lowest BCUT2D eigenvalue weighted by Crippen LogP contribution is -2.25. The number of hydrogen-bond acceptors (Lipinski definition) is 6.